The first-order valence-corrected chi connectivity index (χ1v) is 8.17. The van der Waals surface area contributed by atoms with Crippen LogP contribution in [-0.2, 0) is 0 Å². The van der Waals surface area contributed by atoms with Gasteiger partial charge in [-0.25, -0.2) is 0 Å². The van der Waals surface area contributed by atoms with Crippen LogP contribution in [0.2, 0.25) is 0 Å². The van der Waals surface area contributed by atoms with Gasteiger partial charge in [-0.15, -0.1) is 0 Å². The number of hydrogen-bond donors (Lipinski definition) is 0. The van der Waals surface area contributed by atoms with Gasteiger partial charge in [0, 0.05) is 18.3 Å². The molecule has 0 aromatic heterocycles. The number of methoxy groups -OCH3 is 3. The minimum Gasteiger partial charge on any atom is -0.497 e. The van der Waals surface area contributed by atoms with E-state index in [-0.39, 0.29) is 6.04 Å². The maximum Gasteiger partial charge on any atom is 0.123 e. The Morgan fingerprint density at radius 1 is 0.840 bits per heavy atom. The van der Waals surface area contributed by atoms with Gasteiger partial charge in [0.1, 0.15) is 23.0 Å². The molecule has 0 radical (unpaired) electrons. The van der Waals surface area contributed by atoms with Crippen LogP contribution in [0.3, 0.4) is 0 Å². The van der Waals surface area contributed by atoms with Crippen molar-refractivity contribution in [3.63, 3.8) is 0 Å². The van der Waals surface area contributed by atoms with Crippen LogP contribution in [0.1, 0.15) is 31.0 Å². The van der Waals surface area contributed by atoms with Gasteiger partial charge in [-0.1, -0.05) is 0 Å². The second kappa shape index (κ2) is 8.97. The Morgan fingerprint density at radius 2 is 1.36 bits per heavy atom. The van der Waals surface area contributed by atoms with Crippen molar-refractivity contribution in [2.45, 2.75) is 19.9 Å². The molecule has 2 aromatic rings. The average Bonchev–Trinajstić information content (AvgIpc) is 2.65. The summed E-state index contributed by atoms with van der Waals surface area (Å²) in [6.07, 6.45) is 1.82. The molecule has 0 amide bonds. The summed E-state index contributed by atoms with van der Waals surface area (Å²) in [5.41, 5.74) is 1.94. The number of nitrogens with zero attached hydrogens (tertiary/aromatic N) is 1. The highest BCUT2D eigenvalue weighted by atomic mass is 16.5. The Morgan fingerprint density at radius 3 is 1.92 bits per heavy atom. The highest BCUT2D eigenvalue weighted by Gasteiger charge is 2.08. The van der Waals surface area contributed by atoms with E-state index in [1.54, 1.807) is 21.3 Å². The monoisotopic (exact) mass is 343 g/mol. The van der Waals surface area contributed by atoms with E-state index in [1.807, 2.05) is 56.5 Å². The lowest BCUT2D eigenvalue weighted by molar-refractivity contribution is 0.336. The Labute approximate surface area is 149 Å². The maximum absolute atomic E-state index is 5.57. The minimum atomic E-state index is -0.0502. The summed E-state index contributed by atoms with van der Waals surface area (Å²) in [6.45, 7) is 4.57. The highest BCUT2D eigenvalue weighted by Crippen LogP contribution is 2.28. The summed E-state index contributed by atoms with van der Waals surface area (Å²) >= 11 is 0. The van der Waals surface area contributed by atoms with E-state index >= 15 is 0 Å². The van der Waals surface area contributed by atoms with Gasteiger partial charge in [0.15, 0.2) is 0 Å². The Kier molecular flexibility index (Phi) is 6.69. The lowest BCUT2D eigenvalue weighted by atomic mass is 10.1. The summed E-state index contributed by atoms with van der Waals surface area (Å²) in [4.78, 5) is 4.64. The van der Waals surface area contributed by atoms with Crippen LogP contribution in [-0.4, -0.2) is 34.2 Å². The summed E-state index contributed by atoms with van der Waals surface area (Å²) in [5, 5.41) is 0. The molecule has 1 unspecified atom stereocenters. The van der Waals surface area contributed by atoms with E-state index in [0.29, 0.717) is 6.61 Å². The number of benzene rings is 2. The van der Waals surface area contributed by atoms with Crippen molar-refractivity contribution in [2.24, 2.45) is 4.99 Å². The smallest absolute Gasteiger partial charge is 0.123 e. The number of hydrogen-bond acceptors (Lipinski definition) is 5. The van der Waals surface area contributed by atoms with Crippen molar-refractivity contribution in [1.82, 2.24) is 0 Å². The third-order valence-electron chi connectivity index (χ3n) is 3.75. The van der Waals surface area contributed by atoms with Crippen molar-refractivity contribution >= 4 is 6.21 Å². The number of ether oxygens (including phenoxy) is 4. The van der Waals surface area contributed by atoms with Gasteiger partial charge in [0.2, 0.25) is 0 Å². The zero-order valence-electron chi connectivity index (χ0n) is 15.4. The lowest BCUT2D eigenvalue weighted by Crippen LogP contribution is -1.97. The first-order chi connectivity index (χ1) is 12.1. The van der Waals surface area contributed by atoms with Crippen molar-refractivity contribution in [2.75, 3.05) is 27.9 Å². The molecule has 0 bridgehead atoms. The molecule has 0 saturated heterocycles. The molecule has 2 rings (SSSR count). The largest absolute Gasteiger partial charge is 0.497 e. The molecule has 0 aliphatic carbocycles. The molecule has 0 fully saturated rings. The van der Waals surface area contributed by atoms with E-state index in [0.717, 1.165) is 34.1 Å². The highest BCUT2D eigenvalue weighted by molar-refractivity contribution is 5.81. The molecule has 0 saturated carbocycles. The Balaban J connectivity index is 2.25. The van der Waals surface area contributed by atoms with Gasteiger partial charge >= 0.3 is 0 Å². The number of rotatable bonds is 8. The summed E-state index contributed by atoms with van der Waals surface area (Å²) < 4.78 is 21.5. The first kappa shape index (κ1) is 18.6. The standard InChI is InChI=1S/C20H25NO4/c1-6-25-20-8-15(7-17(12-20)22-3)13-21-14(2)16-9-18(23-4)11-19(10-16)24-5/h7-14H,6H2,1-5H3. The summed E-state index contributed by atoms with van der Waals surface area (Å²) in [6, 6.07) is 11.4. The molecule has 1 atom stereocenters. The topological polar surface area (TPSA) is 49.3 Å². The maximum atomic E-state index is 5.57. The van der Waals surface area contributed by atoms with Gasteiger partial charge in [0.05, 0.1) is 34.0 Å². The molecule has 0 N–H and O–H groups in total. The van der Waals surface area contributed by atoms with Crippen molar-refractivity contribution in [3.8, 4) is 23.0 Å². The normalized spacial score (nSPS) is 12.0. The molecule has 5 nitrogen and oxygen atoms in total. The molecule has 5 heteroatoms. The van der Waals surface area contributed by atoms with Crippen LogP contribution >= 0.6 is 0 Å². The van der Waals surface area contributed by atoms with Gasteiger partial charge in [0.25, 0.3) is 0 Å². The van der Waals surface area contributed by atoms with E-state index < -0.39 is 0 Å². The first-order valence-electron chi connectivity index (χ1n) is 8.17. The van der Waals surface area contributed by atoms with Crippen molar-refractivity contribution in [3.05, 3.63) is 47.5 Å². The average molecular weight is 343 g/mol. The predicted molar refractivity (Wildman–Crippen MR) is 99.7 cm³/mol. The van der Waals surface area contributed by atoms with Gasteiger partial charge < -0.3 is 18.9 Å². The quantitative estimate of drug-likeness (QED) is 0.671. The third-order valence-corrected chi connectivity index (χ3v) is 3.75. The molecule has 25 heavy (non-hydrogen) atoms. The van der Waals surface area contributed by atoms with Crippen LogP contribution < -0.4 is 18.9 Å². The van der Waals surface area contributed by atoms with Crippen LogP contribution in [0.25, 0.3) is 0 Å². The molecule has 0 spiro atoms. The third kappa shape index (κ3) is 5.14. The van der Waals surface area contributed by atoms with E-state index in [1.165, 1.54) is 0 Å². The fraction of sp³-hybridized carbons (Fsp3) is 0.350. The molecule has 2 aromatic carbocycles. The molecular weight excluding hydrogens is 318 g/mol. The van der Waals surface area contributed by atoms with Gasteiger partial charge in [-0.2, -0.15) is 0 Å². The van der Waals surface area contributed by atoms with Crippen molar-refractivity contribution in [1.29, 1.82) is 0 Å². The lowest BCUT2D eigenvalue weighted by Gasteiger charge is -2.12. The zero-order valence-corrected chi connectivity index (χ0v) is 15.4. The summed E-state index contributed by atoms with van der Waals surface area (Å²) in [7, 11) is 4.91. The summed E-state index contributed by atoms with van der Waals surface area (Å²) in [5.74, 6) is 3.00. The van der Waals surface area contributed by atoms with E-state index in [9.17, 15) is 0 Å². The van der Waals surface area contributed by atoms with E-state index in [2.05, 4.69) is 4.99 Å². The molecule has 0 aliphatic rings. The zero-order chi connectivity index (χ0) is 18.2. The van der Waals surface area contributed by atoms with Gasteiger partial charge in [-0.3, -0.25) is 4.99 Å². The molecule has 0 heterocycles. The SMILES string of the molecule is CCOc1cc(C=NC(C)c2cc(OC)cc(OC)c2)cc(OC)c1. The van der Waals surface area contributed by atoms with Crippen LogP contribution in [0.15, 0.2) is 41.4 Å². The fourth-order valence-corrected chi connectivity index (χ4v) is 2.39. The second-order valence-electron chi connectivity index (χ2n) is 5.48. The molecule has 134 valence electrons. The number of aliphatic imine (C=N–C) groups is 1. The van der Waals surface area contributed by atoms with Crippen molar-refractivity contribution < 1.29 is 18.9 Å². The van der Waals surface area contributed by atoms with E-state index in [4.69, 9.17) is 18.9 Å². The Hall–Kier alpha value is -2.69. The van der Waals surface area contributed by atoms with Crippen LogP contribution in [0.5, 0.6) is 23.0 Å². The fourth-order valence-electron chi connectivity index (χ4n) is 2.39. The van der Waals surface area contributed by atoms with Crippen LogP contribution in [0, 0.1) is 0 Å². The molecule has 0 aliphatic heterocycles. The minimum absolute atomic E-state index is 0.0502. The van der Waals surface area contributed by atoms with Crippen LogP contribution in [0.4, 0.5) is 0 Å². The Bertz CT molecular complexity index is 705. The predicted octanol–water partition coefficient (Wildman–Crippen LogP) is 4.29. The van der Waals surface area contributed by atoms with Gasteiger partial charge in [-0.05, 0) is 49.2 Å². The second-order valence-corrected chi connectivity index (χ2v) is 5.48. The molecular formula is C20H25NO4.